The minimum Gasteiger partial charge on any atom is -0.483 e. The lowest BCUT2D eigenvalue weighted by Crippen LogP contribution is -2.31. The number of para-hydroxylation sites is 1. The van der Waals surface area contributed by atoms with Crippen LogP contribution < -0.4 is 20.2 Å². The zero-order chi connectivity index (χ0) is 23.8. The van der Waals surface area contributed by atoms with Crippen molar-refractivity contribution in [3.05, 3.63) is 52.2 Å². The molecule has 1 amide bonds. The fraction of sp³-hybridized carbons (Fsp3) is 0.385. The molecule has 0 spiro atoms. The second kappa shape index (κ2) is 8.90. The van der Waals surface area contributed by atoms with E-state index in [1.807, 2.05) is 76.0 Å². The highest BCUT2D eigenvalue weighted by atomic mass is 16.5. The average Bonchev–Trinajstić information content (AvgIpc) is 2.77. The van der Waals surface area contributed by atoms with E-state index >= 15 is 0 Å². The lowest BCUT2D eigenvalue weighted by molar-refractivity contribution is -0.123. The largest absolute Gasteiger partial charge is 0.483 e. The number of carbonyl (C=O) groups is 1. The molecule has 0 unspecified atom stereocenters. The van der Waals surface area contributed by atoms with Crippen LogP contribution in [0.15, 0.2) is 41.2 Å². The first-order valence-electron chi connectivity index (χ1n) is 11.2. The molecule has 7 heteroatoms. The van der Waals surface area contributed by atoms with Crippen LogP contribution in [0, 0.1) is 0 Å². The monoisotopic (exact) mass is 449 g/mol. The number of amides is 1. The van der Waals surface area contributed by atoms with E-state index in [4.69, 9.17) is 9.47 Å². The van der Waals surface area contributed by atoms with Gasteiger partial charge in [-0.3, -0.25) is 9.59 Å². The number of hydrogen-bond acceptors (Lipinski definition) is 5. The summed E-state index contributed by atoms with van der Waals surface area (Å²) in [6.07, 6.45) is 4.83. The molecule has 0 radical (unpaired) electrons. The number of nitrogens with zero attached hydrogens (tertiary/aromatic N) is 2. The van der Waals surface area contributed by atoms with Gasteiger partial charge in [-0.15, -0.1) is 0 Å². The first kappa shape index (κ1) is 22.9. The van der Waals surface area contributed by atoms with Gasteiger partial charge < -0.3 is 24.3 Å². The van der Waals surface area contributed by atoms with Crippen LogP contribution in [-0.4, -0.2) is 54.8 Å². The van der Waals surface area contributed by atoms with E-state index in [1.165, 1.54) is 0 Å². The molecular weight excluding hydrogens is 418 g/mol. The van der Waals surface area contributed by atoms with Gasteiger partial charge in [-0.25, -0.2) is 0 Å². The Morgan fingerprint density at radius 3 is 2.76 bits per heavy atom. The maximum absolute atomic E-state index is 13.5. The van der Waals surface area contributed by atoms with Crippen LogP contribution in [0.5, 0.6) is 11.5 Å². The summed E-state index contributed by atoms with van der Waals surface area (Å²) in [4.78, 5) is 28.0. The molecule has 0 fully saturated rings. The molecule has 1 N–H and O–H groups in total. The Hall–Kier alpha value is -3.32. The van der Waals surface area contributed by atoms with E-state index in [0.29, 0.717) is 28.8 Å². The molecular formula is C26H31N3O4. The smallest absolute Gasteiger partial charge is 0.257 e. The highest BCUT2D eigenvalue weighted by Crippen LogP contribution is 2.40. The summed E-state index contributed by atoms with van der Waals surface area (Å²) in [5, 5.41) is 3.92. The van der Waals surface area contributed by atoms with Gasteiger partial charge in [0.1, 0.15) is 17.1 Å². The molecule has 1 aliphatic rings. The van der Waals surface area contributed by atoms with E-state index < -0.39 is 5.60 Å². The van der Waals surface area contributed by atoms with Crippen molar-refractivity contribution < 1.29 is 14.3 Å². The summed E-state index contributed by atoms with van der Waals surface area (Å²) < 4.78 is 14.1. The molecule has 7 nitrogen and oxygen atoms in total. The second-order valence-electron chi connectivity index (χ2n) is 9.25. The minimum absolute atomic E-state index is 0.124. The summed E-state index contributed by atoms with van der Waals surface area (Å²) >= 11 is 0. The van der Waals surface area contributed by atoms with Crippen molar-refractivity contribution in [2.24, 2.45) is 7.05 Å². The molecule has 4 rings (SSSR count). The number of pyridine rings is 1. The van der Waals surface area contributed by atoms with Crippen molar-refractivity contribution in [3.63, 3.8) is 0 Å². The molecule has 0 bridgehead atoms. The quantitative estimate of drug-likeness (QED) is 0.443. The molecule has 0 atom stereocenters. The summed E-state index contributed by atoms with van der Waals surface area (Å²) in [5.74, 6) is 0.754. The van der Waals surface area contributed by atoms with E-state index in [0.717, 1.165) is 29.6 Å². The number of ether oxygens (including phenoxy) is 2. The van der Waals surface area contributed by atoms with Crippen molar-refractivity contribution in [2.75, 3.05) is 33.8 Å². The van der Waals surface area contributed by atoms with Crippen molar-refractivity contribution in [1.29, 1.82) is 0 Å². The Morgan fingerprint density at radius 1 is 1.24 bits per heavy atom. The van der Waals surface area contributed by atoms with Gasteiger partial charge >= 0.3 is 0 Å². The Labute approximate surface area is 193 Å². The molecule has 174 valence electrons. The molecule has 0 saturated heterocycles. The molecule has 1 aliphatic heterocycles. The zero-order valence-electron chi connectivity index (χ0n) is 19.9. The van der Waals surface area contributed by atoms with E-state index in [2.05, 4.69) is 10.2 Å². The molecule has 2 aromatic carbocycles. The summed E-state index contributed by atoms with van der Waals surface area (Å²) in [7, 11) is 5.92. The Kier molecular flexibility index (Phi) is 6.17. The molecule has 0 aliphatic carbocycles. The number of hydrogen-bond donors (Lipinski definition) is 1. The standard InChI is InChI=1S/C26H31N3O4/c1-26(2)12-11-18-20(33-26)15-21(32-16-22(30)27-13-8-14-28(3)4)23-24(18)29(5)19-10-7-6-9-17(19)25(23)31/h6-7,9-12,15H,8,13-14,16H2,1-5H3,(H,27,30). The zero-order valence-corrected chi connectivity index (χ0v) is 19.9. The summed E-state index contributed by atoms with van der Waals surface area (Å²) in [6.45, 7) is 5.22. The van der Waals surface area contributed by atoms with E-state index in [-0.39, 0.29) is 17.9 Å². The number of carbonyl (C=O) groups excluding carboxylic acids is 1. The van der Waals surface area contributed by atoms with Gasteiger partial charge in [-0.1, -0.05) is 12.1 Å². The summed E-state index contributed by atoms with van der Waals surface area (Å²) in [6, 6.07) is 9.23. The fourth-order valence-electron chi connectivity index (χ4n) is 4.20. The van der Waals surface area contributed by atoms with Crippen LogP contribution in [0.2, 0.25) is 0 Å². The van der Waals surface area contributed by atoms with Crippen LogP contribution in [0.3, 0.4) is 0 Å². The first-order chi connectivity index (χ1) is 15.7. The predicted octanol–water partition coefficient (Wildman–Crippen LogP) is 3.32. The lowest BCUT2D eigenvalue weighted by Gasteiger charge is -2.29. The Balaban J connectivity index is 1.76. The third-order valence-corrected chi connectivity index (χ3v) is 5.83. The first-order valence-corrected chi connectivity index (χ1v) is 11.2. The van der Waals surface area contributed by atoms with Gasteiger partial charge in [-0.2, -0.15) is 0 Å². The summed E-state index contributed by atoms with van der Waals surface area (Å²) in [5.41, 5.74) is 1.77. The highest BCUT2D eigenvalue weighted by Gasteiger charge is 2.27. The molecule has 2 heterocycles. The third-order valence-electron chi connectivity index (χ3n) is 5.83. The van der Waals surface area contributed by atoms with Gasteiger partial charge in [0, 0.05) is 30.6 Å². The SMILES string of the molecule is CN(C)CCCNC(=O)COc1cc2c(c3c1c(=O)c1ccccc1n3C)C=CC(C)(C)O2. The number of benzene rings is 2. The number of rotatable bonds is 7. The van der Waals surface area contributed by atoms with Gasteiger partial charge in [0.05, 0.1) is 16.4 Å². The minimum atomic E-state index is -0.489. The Bertz CT molecular complexity index is 1300. The highest BCUT2D eigenvalue weighted by molar-refractivity contribution is 6.02. The van der Waals surface area contributed by atoms with Gasteiger partial charge in [-0.05, 0) is 65.2 Å². The van der Waals surface area contributed by atoms with Gasteiger partial charge in [0.15, 0.2) is 6.61 Å². The number of aromatic nitrogens is 1. The molecule has 33 heavy (non-hydrogen) atoms. The molecule has 3 aromatic rings. The number of aryl methyl sites for hydroxylation is 1. The molecule has 0 saturated carbocycles. The van der Waals surface area contributed by atoms with Crippen LogP contribution in [0.25, 0.3) is 27.9 Å². The predicted molar refractivity (Wildman–Crippen MR) is 132 cm³/mol. The van der Waals surface area contributed by atoms with Crippen molar-refractivity contribution in [2.45, 2.75) is 25.9 Å². The number of fused-ring (bicyclic) bond motifs is 4. The topological polar surface area (TPSA) is 72.8 Å². The van der Waals surface area contributed by atoms with E-state index in [1.54, 1.807) is 6.07 Å². The second-order valence-corrected chi connectivity index (χ2v) is 9.25. The average molecular weight is 450 g/mol. The lowest BCUT2D eigenvalue weighted by atomic mass is 9.98. The molecule has 1 aromatic heterocycles. The van der Waals surface area contributed by atoms with Crippen molar-refractivity contribution in [1.82, 2.24) is 14.8 Å². The fourth-order valence-corrected chi connectivity index (χ4v) is 4.20. The van der Waals surface area contributed by atoms with Crippen LogP contribution in [0.4, 0.5) is 0 Å². The Morgan fingerprint density at radius 2 is 2.00 bits per heavy atom. The van der Waals surface area contributed by atoms with Crippen molar-refractivity contribution in [3.8, 4) is 11.5 Å². The van der Waals surface area contributed by atoms with Gasteiger partial charge in [0.25, 0.3) is 5.91 Å². The van der Waals surface area contributed by atoms with Crippen LogP contribution in [-0.2, 0) is 11.8 Å². The van der Waals surface area contributed by atoms with E-state index in [9.17, 15) is 9.59 Å². The van der Waals surface area contributed by atoms with Gasteiger partial charge in [0.2, 0.25) is 5.43 Å². The maximum atomic E-state index is 13.5. The maximum Gasteiger partial charge on any atom is 0.257 e. The van der Waals surface area contributed by atoms with Crippen molar-refractivity contribution >= 4 is 33.8 Å². The van der Waals surface area contributed by atoms with Crippen LogP contribution in [0.1, 0.15) is 25.8 Å². The normalized spacial score (nSPS) is 14.4. The van der Waals surface area contributed by atoms with Crippen LogP contribution >= 0.6 is 0 Å². The number of nitrogens with one attached hydrogen (secondary N) is 1. The third kappa shape index (κ3) is 4.59.